The predicted molar refractivity (Wildman–Crippen MR) is 81.2 cm³/mol. The molecule has 0 saturated carbocycles. The average Bonchev–Trinajstić information content (AvgIpc) is 2.62. The molecule has 1 N–H and O–H groups in total. The van der Waals surface area contributed by atoms with Gasteiger partial charge in [-0.2, -0.15) is 0 Å². The highest BCUT2D eigenvalue weighted by Crippen LogP contribution is 2.24. The number of hydrogen-bond acceptors (Lipinski definition) is 5. The van der Waals surface area contributed by atoms with Crippen LogP contribution in [-0.2, 0) is 14.6 Å². The quantitative estimate of drug-likeness (QED) is 0.810. The molecule has 6 nitrogen and oxygen atoms in total. The van der Waals surface area contributed by atoms with Crippen LogP contribution in [0.5, 0.6) is 0 Å². The van der Waals surface area contributed by atoms with Gasteiger partial charge in [0.1, 0.15) is 0 Å². The maximum atomic E-state index is 11.8. The maximum absolute atomic E-state index is 11.8. The zero-order valence-corrected chi connectivity index (χ0v) is 13.5. The largest absolute Gasteiger partial charge is 0.481 e. The van der Waals surface area contributed by atoms with Gasteiger partial charge in [0.05, 0.1) is 17.9 Å². The lowest BCUT2D eigenvalue weighted by Crippen LogP contribution is -2.53. The van der Waals surface area contributed by atoms with Crippen LogP contribution >= 0.6 is 0 Å². The second-order valence-corrected chi connectivity index (χ2v) is 8.35. The van der Waals surface area contributed by atoms with Crippen LogP contribution in [0.15, 0.2) is 0 Å². The van der Waals surface area contributed by atoms with Crippen molar-refractivity contribution in [2.75, 3.05) is 37.7 Å². The summed E-state index contributed by atoms with van der Waals surface area (Å²) in [5, 5.41) is 9.06. The van der Waals surface area contributed by atoms with Gasteiger partial charge in [-0.25, -0.2) is 8.42 Å². The van der Waals surface area contributed by atoms with Crippen LogP contribution in [0.1, 0.15) is 32.6 Å². The fourth-order valence-electron chi connectivity index (χ4n) is 3.54. The highest BCUT2D eigenvalue weighted by molar-refractivity contribution is 7.91. The molecule has 0 spiro atoms. The molecule has 2 unspecified atom stereocenters. The molecule has 2 fully saturated rings. The third kappa shape index (κ3) is 4.66. The van der Waals surface area contributed by atoms with Gasteiger partial charge in [0, 0.05) is 18.6 Å². The molecule has 0 aromatic carbocycles. The summed E-state index contributed by atoms with van der Waals surface area (Å²) >= 11 is 0. The van der Waals surface area contributed by atoms with Gasteiger partial charge in [-0.3, -0.25) is 9.69 Å². The molecule has 0 radical (unpaired) electrons. The summed E-state index contributed by atoms with van der Waals surface area (Å²) in [6.07, 6.45) is 3.06. The number of carbonyl (C=O) groups is 1. The van der Waals surface area contributed by atoms with Crippen molar-refractivity contribution in [2.45, 2.75) is 44.7 Å². The third-order valence-corrected chi connectivity index (χ3v) is 6.39. The predicted octanol–water partition coefficient (Wildman–Crippen LogP) is 0.435. The first-order valence-corrected chi connectivity index (χ1v) is 9.63. The lowest BCUT2D eigenvalue weighted by molar-refractivity contribution is -0.138. The highest BCUT2D eigenvalue weighted by Gasteiger charge is 2.36. The first-order valence-electron chi connectivity index (χ1n) is 7.81. The van der Waals surface area contributed by atoms with Crippen molar-refractivity contribution in [3.63, 3.8) is 0 Å². The van der Waals surface area contributed by atoms with Crippen LogP contribution in [0.3, 0.4) is 0 Å². The van der Waals surface area contributed by atoms with Gasteiger partial charge in [0.25, 0.3) is 0 Å². The normalized spacial score (nSPS) is 31.7. The minimum Gasteiger partial charge on any atom is -0.481 e. The Kier molecular flexibility index (Phi) is 5.62. The number of aliphatic carboxylic acids is 1. The summed E-state index contributed by atoms with van der Waals surface area (Å²) in [6.45, 7) is 5.78. The van der Waals surface area contributed by atoms with E-state index in [1.54, 1.807) is 0 Å². The topological polar surface area (TPSA) is 77.9 Å². The highest BCUT2D eigenvalue weighted by atomic mass is 32.2. The molecule has 0 aromatic rings. The standard InChI is InChI=1S/C14H26N2O4S/c1-2-15-6-3-4-12(5-7-15)16-8-9-21(19,20)11-13(16)10-14(17)18/h12-13H,2-11H2,1H3,(H,17,18). The van der Waals surface area contributed by atoms with E-state index in [0.29, 0.717) is 12.6 Å². The summed E-state index contributed by atoms with van der Waals surface area (Å²) in [4.78, 5) is 15.6. The Hall–Kier alpha value is -0.660. The Balaban J connectivity index is 2.06. The van der Waals surface area contributed by atoms with Gasteiger partial charge < -0.3 is 10.0 Å². The van der Waals surface area contributed by atoms with Crippen molar-refractivity contribution >= 4 is 15.8 Å². The molecular formula is C14H26N2O4S. The summed E-state index contributed by atoms with van der Waals surface area (Å²) < 4.78 is 23.6. The van der Waals surface area contributed by atoms with Crippen molar-refractivity contribution in [3.05, 3.63) is 0 Å². The SMILES string of the molecule is CCN1CCCC(N2CCS(=O)(=O)CC2CC(=O)O)CC1. The monoisotopic (exact) mass is 318 g/mol. The molecule has 2 rings (SSSR count). The Morgan fingerprint density at radius 1 is 1.24 bits per heavy atom. The molecule has 2 saturated heterocycles. The zero-order chi connectivity index (χ0) is 15.5. The number of carboxylic acids is 1. The molecule has 2 aliphatic rings. The number of carboxylic acid groups (broad SMARTS) is 1. The van der Waals surface area contributed by atoms with Gasteiger partial charge >= 0.3 is 5.97 Å². The number of rotatable bonds is 4. The van der Waals surface area contributed by atoms with E-state index in [1.165, 1.54) is 0 Å². The van der Waals surface area contributed by atoms with Crippen molar-refractivity contribution < 1.29 is 18.3 Å². The molecular weight excluding hydrogens is 292 g/mol. The Labute approximate surface area is 127 Å². The smallest absolute Gasteiger partial charge is 0.304 e. The molecule has 0 amide bonds. The molecule has 0 aromatic heterocycles. The number of hydrogen-bond donors (Lipinski definition) is 1. The maximum Gasteiger partial charge on any atom is 0.304 e. The molecule has 2 atom stereocenters. The first-order chi connectivity index (χ1) is 9.91. The first kappa shape index (κ1) is 16.7. The van der Waals surface area contributed by atoms with E-state index in [1.807, 2.05) is 0 Å². The number of likely N-dealkylation sites (tertiary alicyclic amines) is 1. The Bertz CT molecular complexity index is 466. The van der Waals surface area contributed by atoms with E-state index in [-0.39, 0.29) is 24.0 Å². The van der Waals surface area contributed by atoms with Crippen LogP contribution in [0.25, 0.3) is 0 Å². The van der Waals surface area contributed by atoms with E-state index < -0.39 is 15.8 Å². The van der Waals surface area contributed by atoms with Gasteiger partial charge in [-0.05, 0) is 38.9 Å². The minimum atomic E-state index is -3.09. The minimum absolute atomic E-state index is 0.00665. The van der Waals surface area contributed by atoms with Crippen molar-refractivity contribution in [3.8, 4) is 0 Å². The summed E-state index contributed by atoms with van der Waals surface area (Å²) in [6, 6.07) is -0.0409. The molecule has 0 aliphatic carbocycles. The van der Waals surface area contributed by atoms with Gasteiger partial charge in [-0.15, -0.1) is 0 Å². The van der Waals surface area contributed by atoms with Crippen LogP contribution in [-0.4, -0.2) is 79.1 Å². The lowest BCUT2D eigenvalue weighted by atomic mass is 10.0. The number of sulfone groups is 1. The van der Waals surface area contributed by atoms with Crippen molar-refractivity contribution in [1.29, 1.82) is 0 Å². The Morgan fingerprint density at radius 3 is 2.67 bits per heavy atom. The van der Waals surface area contributed by atoms with Crippen molar-refractivity contribution in [2.24, 2.45) is 0 Å². The van der Waals surface area contributed by atoms with Crippen LogP contribution < -0.4 is 0 Å². The average molecular weight is 318 g/mol. The fourth-order valence-corrected chi connectivity index (χ4v) is 5.10. The van der Waals surface area contributed by atoms with Crippen LogP contribution in [0.2, 0.25) is 0 Å². The second kappa shape index (κ2) is 7.07. The summed E-state index contributed by atoms with van der Waals surface area (Å²) in [5.41, 5.74) is 0. The molecule has 2 aliphatic heterocycles. The fraction of sp³-hybridized carbons (Fsp3) is 0.929. The molecule has 0 bridgehead atoms. The summed E-state index contributed by atoms with van der Waals surface area (Å²) in [7, 11) is -3.09. The van der Waals surface area contributed by atoms with E-state index >= 15 is 0 Å². The van der Waals surface area contributed by atoms with Gasteiger partial charge in [-0.1, -0.05) is 6.92 Å². The number of nitrogens with zero attached hydrogens (tertiary/aromatic N) is 2. The third-order valence-electron chi connectivity index (χ3n) is 4.69. The van der Waals surface area contributed by atoms with E-state index in [2.05, 4.69) is 16.7 Å². The van der Waals surface area contributed by atoms with E-state index in [0.717, 1.165) is 38.9 Å². The van der Waals surface area contributed by atoms with Crippen LogP contribution in [0, 0.1) is 0 Å². The van der Waals surface area contributed by atoms with Crippen LogP contribution in [0.4, 0.5) is 0 Å². The van der Waals surface area contributed by atoms with E-state index in [9.17, 15) is 13.2 Å². The molecule has 122 valence electrons. The second-order valence-electron chi connectivity index (χ2n) is 6.12. The Morgan fingerprint density at radius 2 is 2.00 bits per heavy atom. The molecule has 2 heterocycles. The van der Waals surface area contributed by atoms with E-state index in [4.69, 9.17) is 5.11 Å². The zero-order valence-electron chi connectivity index (χ0n) is 12.7. The van der Waals surface area contributed by atoms with Gasteiger partial charge in [0.2, 0.25) is 0 Å². The summed E-state index contributed by atoms with van der Waals surface area (Å²) in [5.74, 6) is -0.754. The molecule has 7 heteroatoms. The lowest BCUT2D eigenvalue weighted by Gasteiger charge is -2.40. The molecule has 21 heavy (non-hydrogen) atoms. The van der Waals surface area contributed by atoms with Gasteiger partial charge in [0.15, 0.2) is 9.84 Å². The van der Waals surface area contributed by atoms with Crippen molar-refractivity contribution in [1.82, 2.24) is 9.80 Å².